The number of aliphatic hydroxyl groups excluding tert-OH is 9. The number of carbonyl (C=O) groups excluding carboxylic acids is 2. The number of allylic oxidation sites excluding steroid dienone is 10. The second-order valence-electron chi connectivity index (χ2n) is 19.9. The van der Waals surface area contributed by atoms with Crippen LogP contribution in [-0.2, 0) is 33.3 Å². The molecular formula is C52H84N2O18. The van der Waals surface area contributed by atoms with Crippen LogP contribution in [0.15, 0.2) is 72.9 Å². The lowest BCUT2D eigenvalue weighted by molar-refractivity contribution is -0.310. The second kappa shape index (κ2) is 31.2. The van der Waals surface area contributed by atoms with Crippen molar-refractivity contribution in [3.63, 3.8) is 0 Å². The molecule has 12 N–H and O–H groups in total. The summed E-state index contributed by atoms with van der Waals surface area (Å²) in [5.41, 5.74) is 0. The molecule has 3 rings (SSSR count). The number of fused-ring (bicyclic) bond motifs is 2. The molecule has 0 aromatic rings. The smallest absolute Gasteiger partial charge is 0.311 e. The summed E-state index contributed by atoms with van der Waals surface area (Å²) in [7, 11) is 3.57. The van der Waals surface area contributed by atoms with E-state index in [-0.39, 0.29) is 44.4 Å². The Bertz CT molecular complexity index is 1820. The molecule has 3 heterocycles. The Labute approximate surface area is 423 Å². The van der Waals surface area contributed by atoms with Gasteiger partial charge >= 0.3 is 11.9 Å². The maximum atomic E-state index is 12.8. The lowest BCUT2D eigenvalue weighted by atomic mass is 9.82. The molecule has 0 aromatic carbocycles. The zero-order valence-electron chi connectivity index (χ0n) is 42.5. The molecule has 410 valence electrons. The number of ether oxygens (including phenoxy) is 4. The molecule has 20 heteroatoms. The number of cyclic esters (lactones) is 1. The molecule has 2 saturated heterocycles. The van der Waals surface area contributed by atoms with Gasteiger partial charge in [-0.15, -0.1) is 0 Å². The number of aliphatic hydroxyl groups is 10. The molecule has 0 saturated carbocycles. The number of carbonyl (C=O) groups is 3. The van der Waals surface area contributed by atoms with Crippen molar-refractivity contribution in [1.82, 2.24) is 10.2 Å². The molecule has 20 nitrogen and oxygen atoms in total. The minimum absolute atomic E-state index is 0.0678. The Morgan fingerprint density at radius 1 is 0.722 bits per heavy atom. The summed E-state index contributed by atoms with van der Waals surface area (Å²) < 4.78 is 23.6. The van der Waals surface area contributed by atoms with Gasteiger partial charge in [0.1, 0.15) is 24.2 Å². The first-order valence-electron chi connectivity index (χ1n) is 25.1. The zero-order chi connectivity index (χ0) is 53.7. The van der Waals surface area contributed by atoms with Crippen molar-refractivity contribution < 1.29 is 89.5 Å². The summed E-state index contributed by atoms with van der Waals surface area (Å²) in [5.74, 6) is -7.41. The largest absolute Gasteiger partial charge is 0.481 e. The fourth-order valence-corrected chi connectivity index (χ4v) is 8.83. The number of carboxylic acid groups (broad SMARTS) is 1. The third-order valence-electron chi connectivity index (χ3n) is 13.3. The molecule has 0 spiro atoms. The normalized spacial score (nSPS) is 42.0. The number of esters is 1. The number of amides is 1. The highest BCUT2D eigenvalue weighted by molar-refractivity contribution is 5.76. The van der Waals surface area contributed by atoms with Crippen LogP contribution >= 0.6 is 0 Å². The van der Waals surface area contributed by atoms with E-state index >= 15 is 0 Å². The van der Waals surface area contributed by atoms with Crippen molar-refractivity contribution in [3.8, 4) is 0 Å². The topological polar surface area (TPSA) is 326 Å². The third kappa shape index (κ3) is 21.6. The predicted molar refractivity (Wildman–Crippen MR) is 264 cm³/mol. The first-order valence-corrected chi connectivity index (χ1v) is 25.1. The van der Waals surface area contributed by atoms with E-state index in [1.165, 1.54) is 13.0 Å². The van der Waals surface area contributed by atoms with Crippen LogP contribution in [0.3, 0.4) is 0 Å². The monoisotopic (exact) mass is 1020 g/mol. The molecule has 3 aliphatic heterocycles. The van der Waals surface area contributed by atoms with Crippen molar-refractivity contribution in [2.45, 2.75) is 196 Å². The van der Waals surface area contributed by atoms with Gasteiger partial charge in [0, 0.05) is 44.1 Å². The molecule has 0 aromatic heterocycles. The highest BCUT2D eigenvalue weighted by Crippen LogP contribution is 2.38. The van der Waals surface area contributed by atoms with Gasteiger partial charge in [-0.2, -0.15) is 0 Å². The quantitative estimate of drug-likeness (QED) is 0.159. The fourth-order valence-electron chi connectivity index (χ4n) is 8.83. The highest BCUT2D eigenvalue weighted by Gasteiger charge is 2.51. The van der Waals surface area contributed by atoms with Crippen LogP contribution in [0.2, 0.25) is 0 Å². The first-order chi connectivity index (χ1) is 33.9. The average Bonchev–Trinajstić information content (AvgIpc) is 3.28. The standard InChI is InChI=1S/C52H84N2O18/c1-31-19-17-15-13-11-9-7-8-10-12-14-16-18-20-38(71-51-49(65)46(48(64)34(4)70-51)53-43(61)23-24-54(5)6)28-42-45(50(66)67)41(60)30-52(68,72-42)29-40(59)39(58)22-21-35(55)25-36(56)26-37(57)27-44(62)69-33(3)32(2)47(31)63/h7-8,10,12-20,31-42,45-49,51,55-60,63-65,68H,9,11,21-30H2,1-6H3,(H,53,61)(H,66,67)/b8-7+,12-10+,15-13+,16-14+,19-17+,20-18+/t31-,32-,33-,34+,35+,36+,37+,38-,39+,40+,41-,42-,45+,46-,47+,48+,49-,51+,52+/m0/s1. The minimum Gasteiger partial charge on any atom is -0.481 e. The molecule has 19 atom stereocenters. The van der Waals surface area contributed by atoms with Crippen LogP contribution in [0.4, 0.5) is 0 Å². The van der Waals surface area contributed by atoms with Gasteiger partial charge in [0.25, 0.3) is 0 Å². The molecule has 72 heavy (non-hydrogen) atoms. The van der Waals surface area contributed by atoms with E-state index in [2.05, 4.69) is 5.32 Å². The third-order valence-corrected chi connectivity index (χ3v) is 13.3. The van der Waals surface area contributed by atoms with Crippen molar-refractivity contribution in [1.29, 1.82) is 0 Å². The van der Waals surface area contributed by atoms with E-state index in [1.807, 2.05) is 43.4 Å². The van der Waals surface area contributed by atoms with Crippen LogP contribution in [0.1, 0.15) is 98.3 Å². The molecule has 1 amide bonds. The van der Waals surface area contributed by atoms with Crippen LogP contribution in [-0.4, -0.2) is 197 Å². The van der Waals surface area contributed by atoms with Crippen molar-refractivity contribution in [2.24, 2.45) is 17.8 Å². The average molecular weight is 1030 g/mol. The van der Waals surface area contributed by atoms with Crippen LogP contribution in [0, 0.1) is 17.8 Å². The number of hydrogen-bond acceptors (Lipinski definition) is 18. The Kier molecular flexibility index (Phi) is 27.2. The number of carboxylic acids is 1. The first kappa shape index (κ1) is 62.6. The lowest BCUT2D eigenvalue weighted by Gasteiger charge is -2.45. The van der Waals surface area contributed by atoms with Crippen molar-refractivity contribution in [3.05, 3.63) is 72.9 Å². The number of hydrogen-bond donors (Lipinski definition) is 12. The van der Waals surface area contributed by atoms with Crippen LogP contribution in [0.25, 0.3) is 0 Å². The second-order valence-corrected chi connectivity index (χ2v) is 19.9. The molecule has 0 radical (unpaired) electrons. The maximum Gasteiger partial charge on any atom is 0.311 e. The summed E-state index contributed by atoms with van der Waals surface area (Å²) >= 11 is 0. The summed E-state index contributed by atoms with van der Waals surface area (Å²) in [6.45, 7) is 7.15. The summed E-state index contributed by atoms with van der Waals surface area (Å²) in [6, 6.07) is -1.22. The van der Waals surface area contributed by atoms with Gasteiger partial charge < -0.3 is 85.3 Å². The molecule has 0 unspecified atom stereocenters. The van der Waals surface area contributed by atoms with Crippen LogP contribution in [0.5, 0.6) is 0 Å². The number of rotatable bonds is 7. The number of nitrogens with one attached hydrogen (secondary N) is 1. The van der Waals surface area contributed by atoms with Gasteiger partial charge in [-0.1, -0.05) is 86.8 Å². The van der Waals surface area contributed by atoms with Crippen molar-refractivity contribution >= 4 is 17.8 Å². The number of aliphatic carboxylic acids is 1. The van der Waals surface area contributed by atoms with E-state index in [4.69, 9.17) is 18.9 Å². The van der Waals surface area contributed by atoms with Gasteiger partial charge in [-0.3, -0.25) is 14.4 Å². The van der Waals surface area contributed by atoms with E-state index in [0.717, 1.165) is 12.8 Å². The number of nitrogens with zero attached hydrogens (tertiary/aromatic N) is 1. The van der Waals surface area contributed by atoms with Gasteiger partial charge in [0.05, 0.1) is 73.5 Å². The molecule has 0 aliphatic carbocycles. The van der Waals surface area contributed by atoms with E-state index in [9.17, 15) is 70.6 Å². The van der Waals surface area contributed by atoms with Crippen LogP contribution < -0.4 is 5.32 Å². The molecule has 2 bridgehead atoms. The summed E-state index contributed by atoms with van der Waals surface area (Å²) in [5, 5.41) is 123. The van der Waals surface area contributed by atoms with Gasteiger partial charge in [-0.25, -0.2) is 0 Å². The Balaban J connectivity index is 1.89. The zero-order valence-corrected chi connectivity index (χ0v) is 42.5. The lowest BCUT2D eigenvalue weighted by Crippen LogP contribution is -2.64. The summed E-state index contributed by atoms with van der Waals surface area (Å²) in [4.78, 5) is 39.9. The van der Waals surface area contributed by atoms with E-state index in [1.54, 1.807) is 63.2 Å². The highest BCUT2D eigenvalue weighted by atomic mass is 16.7. The van der Waals surface area contributed by atoms with E-state index < -0.39 is 146 Å². The Hall–Kier alpha value is -3.71. The van der Waals surface area contributed by atoms with E-state index in [0.29, 0.717) is 6.54 Å². The molecular weight excluding hydrogens is 941 g/mol. The van der Waals surface area contributed by atoms with Gasteiger partial charge in [0.2, 0.25) is 5.91 Å². The molecule has 3 aliphatic rings. The Morgan fingerprint density at radius 3 is 1.97 bits per heavy atom. The predicted octanol–water partition coefficient (Wildman–Crippen LogP) is 1.04. The maximum absolute atomic E-state index is 12.8. The van der Waals surface area contributed by atoms with Gasteiger partial charge in [0.15, 0.2) is 12.1 Å². The molecule has 2 fully saturated rings. The van der Waals surface area contributed by atoms with Gasteiger partial charge in [-0.05, 0) is 66.5 Å². The Morgan fingerprint density at radius 2 is 1.32 bits per heavy atom. The van der Waals surface area contributed by atoms with Crippen molar-refractivity contribution in [2.75, 3.05) is 20.6 Å². The summed E-state index contributed by atoms with van der Waals surface area (Å²) in [6.07, 6.45) is 1.28. The fraction of sp³-hybridized carbons (Fsp3) is 0.712. The minimum atomic E-state index is -2.40. The SMILES string of the molecule is C[C@@H]1[C@H](O)[C@@H](C)/C=C/C=C/CC/C=C/C=C/C=C/C=C/[C@H](O[C@H]2O[C@H](C)[C@@H](O)[C@H](NC(=O)CCN(C)C)[C@@H]2O)C[C@@H]2O[C@](O)(C[C@@H](O)[C@H](O)CC[C@@H](O)C[C@@H](O)C[C@@H](O)CC(=O)O[C@H]1C)C[C@H](O)[C@H]2C(=O)O.